The summed E-state index contributed by atoms with van der Waals surface area (Å²) in [7, 11) is 1.61. The van der Waals surface area contributed by atoms with Crippen LogP contribution < -0.4 is 9.47 Å². The van der Waals surface area contributed by atoms with E-state index < -0.39 is 29.8 Å². The Morgan fingerprint density at radius 2 is 1.92 bits per heavy atom. The summed E-state index contributed by atoms with van der Waals surface area (Å²) in [5.74, 6) is 0.440. The maximum atomic E-state index is 12.8. The first-order valence-electron chi connectivity index (χ1n) is 12.2. The molecule has 1 aromatic carbocycles. The lowest BCUT2D eigenvalue weighted by atomic mass is 10.1. The van der Waals surface area contributed by atoms with Crippen molar-refractivity contribution in [2.24, 2.45) is 0 Å². The van der Waals surface area contributed by atoms with E-state index in [1.54, 1.807) is 27.9 Å². The summed E-state index contributed by atoms with van der Waals surface area (Å²) in [5.41, 5.74) is 2.48. The molecule has 198 valence electrons. The van der Waals surface area contributed by atoms with E-state index >= 15 is 0 Å². The van der Waals surface area contributed by atoms with E-state index in [1.807, 2.05) is 30.5 Å². The van der Waals surface area contributed by atoms with Gasteiger partial charge in [-0.05, 0) is 45.7 Å². The van der Waals surface area contributed by atoms with Gasteiger partial charge in [-0.1, -0.05) is 13.8 Å². The molecule has 3 aromatic rings. The maximum Gasteiger partial charge on any atom is 0.411 e. The molecule has 9 nitrogen and oxygen atoms in total. The van der Waals surface area contributed by atoms with Gasteiger partial charge in [0.2, 0.25) is 0 Å². The average Bonchev–Trinajstić information content (AvgIpc) is 3.46. The van der Waals surface area contributed by atoms with Crippen molar-refractivity contribution in [3.63, 3.8) is 0 Å². The quantitative estimate of drug-likeness (QED) is 0.438. The molecular weight excluding hydrogens is 494 g/mol. The number of aromatic nitrogens is 2. The highest BCUT2D eigenvalue weighted by Crippen LogP contribution is 2.38. The van der Waals surface area contributed by atoms with E-state index in [1.165, 1.54) is 16.2 Å². The fraction of sp³-hybridized carbons (Fsp3) is 0.481. The van der Waals surface area contributed by atoms with Crippen molar-refractivity contribution in [2.45, 2.75) is 71.6 Å². The van der Waals surface area contributed by atoms with Gasteiger partial charge in [0.05, 0.1) is 24.9 Å². The van der Waals surface area contributed by atoms with Crippen LogP contribution in [0.25, 0.3) is 21.6 Å². The second-order valence-corrected chi connectivity index (χ2v) is 11.3. The number of hydrogen-bond donors (Lipinski definition) is 1. The number of pyridine rings is 1. The van der Waals surface area contributed by atoms with Gasteiger partial charge in [0, 0.05) is 28.8 Å². The van der Waals surface area contributed by atoms with E-state index in [-0.39, 0.29) is 18.9 Å². The molecule has 1 aliphatic heterocycles. The molecule has 2 aromatic heterocycles. The lowest BCUT2D eigenvalue weighted by Crippen LogP contribution is -2.43. The summed E-state index contributed by atoms with van der Waals surface area (Å²) < 4.78 is 17.4. The van der Waals surface area contributed by atoms with Crippen molar-refractivity contribution < 1.29 is 28.9 Å². The summed E-state index contributed by atoms with van der Waals surface area (Å²) in [4.78, 5) is 35.6. The van der Waals surface area contributed by atoms with Crippen molar-refractivity contribution >= 4 is 34.3 Å². The third-order valence-electron chi connectivity index (χ3n) is 6.17. The number of rotatable bonds is 6. The van der Waals surface area contributed by atoms with Crippen LogP contribution in [0.2, 0.25) is 0 Å². The van der Waals surface area contributed by atoms with Crippen LogP contribution in [-0.2, 0) is 9.53 Å². The topological polar surface area (TPSA) is 111 Å². The molecule has 1 unspecified atom stereocenters. The summed E-state index contributed by atoms with van der Waals surface area (Å²) in [6.45, 7) is 11.4. The molecule has 0 aliphatic carbocycles. The fourth-order valence-corrected chi connectivity index (χ4v) is 5.24. The van der Waals surface area contributed by atoms with Crippen LogP contribution in [0, 0.1) is 6.92 Å². The second kappa shape index (κ2) is 10.2. The van der Waals surface area contributed by atoms with E-state index in [0.717, 1.165) is 21.7 Å². The smallest absolute Gasteiger partial charge is 0.411 e. The van der Waals surface area contributed by atoms with Crippen LogP contribution in [0.5, 0.6) is 11.5 Å². The zero-order valence-electron chi connectivity index (χ0n) is 22.2. The van der Waals surface area contributed by atoms with E-state index in [2.05, 4.69) is 13.8 Å². The van der Waals surface area contributed by atoms with Crippen LogP contribution in [-0.4, -0.2) is 63.4 Å². The Morgan fingerprint density at radius 3 is 2.51 bits per heavy atom. The Hall–Kier alpha value is -3.40. The number of hydrogen-bond acceptors (Lipinski definition) is 8. The van der Waals surface area contributed by atoms with Gasteiger partial charge in [0.1, 0.15) is 39.9 Å². The number of thiazole rings is 1. The standard InChI is InChI=1S/C27H33N3O6S/c1-14(2)19-13-37-24(29-19)18-11-22(17-8-9-21(34-7)15(3)23(17)28-18)35-16-10-20(25(31)32)30(12-16)26(33)36-27(4,5)6/h8-9,11,13-14,16,20H,10,12H2,1-7H3,(H,31,32)/t16-,20?/m1/s1. The molecule has 1 aliphatic rings. The third kappa shape index (κ3) is 5.64. The van der Waals surface area contributed by atoms with Crippen LogP contribution in [0.4, 0.5) is 4.79 Å². The largest absolute Gasteiger partial charge is 0.496 e. The van der Waals surface area contributed by atoms with Gasteiger partial charge in [-0.3, -0.25) is 4.90 Å². The van der Waals surface area contributed by atoms with E-state index in [4.69, 9.17) is 24.2 Å². The Kier molecular flexibility index (Phi) is 7.32. The number of amides is 1. The molecule has 1 amide bonds. The van der Waals surface area contributed by atoms with Crippen molar-refractivity contribution in [1.82, 2.24) is 14.9 Å². The van der Waals surface area contributed by atoms with E-state index in [0.29, 0.717) is 22.7 Å². The monoisotopic (exact) mass is 527 g/mol. The number of benzene rings is 1. The zero-order chi connectivity index (χ0) is 27.1. The Morgan fingerprint density at radius 1 is 1.19 bits per heavy atom. The van der Waals surface area contributed by atoms with E-state index in [9.17, 15) is 14.7 Å². The average molecular weight is 528 g/mol. The Labute approximate surface area is 220 Å². The number of ether oxygens (including phenoxy) is 3. The number of aryl methyl sites for hydroxylation is 1. The first kappa shape index (κ1) is 26.7. The molecule has 4 rings (SSSR count). The molecule has 37 heavy (non-hydrogen) atoms. The van der Waals surface area contributed by atoms with Crippen molar-refractivity contribution in [3.8, 4) is 22.2 Å². The molecule has 0 radical (unpaired) electrons. The third-order valence-corrected chi connectivity index (χ3v) is 7.05. The molecule has 10 heteroatoms. The number of carbonyl (C=O) groups is 2. The van der Waals surface area contributed by atoms with Crippen LogP contribution in [0.3, 0.4) is 0 Å². The molecule has 1 saturated heterocycles. The van der Waals surface area contributed by atoms with Gasteiger partial charge in [0.25, 0.3) is 0 Å². The summed E-state index contributed by atoms with van der Waals surface area (Å²) >= 11 is 1.51. The molecule has 1 N–H and O–H groups in total. The minimum absolute atomic E-state index is 0.0922. The predicted octanol–water partition coefficient (Wildman–Crippen LogP) is 5.64. The molecule has 0 spiro atoms. The SMILES string of the molecule is COc1ccc2c(O[C@@H]3CC(C(=O)O)N(C(=O)OC(C)(C)C)C3)cc(-c3nc(C(C)C)cs3)nc2c1C. The number of carbonyl (C=O) groups excluding carboxylic acids is 1. The van der Waals surface area contributed by atoms with Crippen LogP contribution in [0.1, 0.15) is 58.2 Å². The zero-order valence-corrected chi connectivity index (χ0v) is 23.0. The predicted molar refractivity (Wildman–Crippen MR) is 142 cm³/mol. The summed E-state index contributed by atoms with van der Waals surface area (Å²) in [6.07, 6.45) is -1.08. The molecular formula is C27H33N3O6S. The van der Waals surface area contributed by atoms with Gasteiger partial charge >= 0.3 is 12.1 Å². The minimum atomic E-state index is -1.10. The molecule has 1 fully saturated rings. The highest BCUT2D eigenvalue weighted by Gasteiger charge is 2.43. The number of aliphatic carboxylic acids is 1. The highest BCUT2D eigenvalue weighted by atomic mass is 32.1. The Balaban J connectivity index is 1.73. The lowest BCUT2D eigenvalue weighted by Gasteiger charge is -2.26. The first-order valence-corrected chi connectivity index (χ1v) is 13.1. The van der Waals surface area contributed by atoms with Crippen molar-refractivity contribution in [1.29, 1.82) is 0 Å². The van der Waals surface area contributed by atoms with Crippen molar-refractivity contribution in [3.05, 3.63) is 34.8 Å². The first-order chi connectivity index (χ1) is 17.4. The molecule has 0 saturated carbocycles. The Bertz CT molecular complexity index is 1330. The molecule has 0 bridgehead atoms. The fourth-order valence-electron chi connectivity index (χ4n) is 4.30. The summed E-state index contributed by atoms with van der Waals surface area (Å²) in [5, 5.41) is 13.3. The van der Waals surface area contributed by atoms with Crippen LogP contribution >= 0.6 is 11.3 Å². The van der Waals surface area contributed by atoms with Gasteiger partial charge in [0.15, 0.2) is 0 Å². The second-order valence-electron chi connectivity index (χ2n) is 10.5. The van der Waals surface area contributed by atoms with Gasteiger partial charge in [-0.2, -0.15) is 0 Å². The van der Waals surface area contributed by atoms with Gasteiger partial charge < -0.3 is 19.3 Å². The molecule has 2 atom stereocenters. The van der Waals surface area contributed by atoms with Gasteiger partial charge in [-0.15, -0.1) is 11.3 Å². The number of fused-ring (bicyclic) bond motifs is 1. The number of carboxylic acid groups (broad SMARTS) is 1. The van der Waals surface area contributed by atoms with Crippen LogP contribution in [0.15, 0.2) is 23.6 Å². The highest BCUT2D eigenvalue weighted by molar-refractivity contribution is 7.13. The van der Waals surface area contributed by atoms with Crippen molar-refractivity contribution in [2.75, 3.05) is 13.7 Å². The minimum Gasteiger partial charge on any atom is -0.496 e. The number of likely N-dealkylation sites (tertiary alicyclic amines) is 1. The number of carboxylic acids is 1. The van der Waals surface area contributed by atoms with Gasteiger partial charge in [-0.25, -0.2) is 19.6 Å². The normalized spacial score (nSPS) is 17.9. The number of nitrogens with zero attached hydrogens (tertiary/aromatic N) is 3. The lowest BCUT2D eigenvalue weighted by molar-refractivity contribution is -0.142. The summed E-state index contributed by atoms with van der Waals surface area (Å²) in [6, 6.07) is 4.53. The number of methoxy groups -OCH3 is 1. The molecule has 3 heterocycles. The maximum absolute atomic E-state index is 12.8.